The Morgan fingerprint density at radius 3 is 2.24 bits per heavy atom. The van der Waals surface area contributed by atoms with Gasteiger partial charge in [0, 0.05) is 30.3 Å². The summed E-state index contributed by atoms with van der Waals surface area (Å²) in [7, 11) is 1.29. The van der Waals surface area contributed by atoms with Crippen LogP contribution in [-0.2, 0) is 49.4 Å². The van der Waals surface area contributed by atoms with Crippen LogP contribution < -0.4 is 0 Å². The maximum absolute atomic E-state index is 13.5. The zero-order chi connectivity index (χ0) is 37.1. The van der Waals surface area contributed by atoms with E-state index in [0.29, 0.717) is 45.3 Å². The summed E-state index contributed by atoms with van der Waals surface area (Å²) in [5.74, 6) is -2.55. The number of hydrogen-bond acceptors (Lipinski definition) is 11. The molecule has 0 aromatic heterocycles. The molecule has 280 valence electrons. The summed E-state index contributed by atoms with van der Waals surface area (Å²) in [6.45, 7) is 13.6. The smallest absolute Gasteiger partial charge is 0.466 e. The van der Waals surface area contributed by atoms with Crippen LogP contribution in [0.1, 0.15) is 86.1 Å². The van der Waals surface area contributed by atoms with Crippen molar-refractivity contribution in [2.24, 2.45) is 45.3 Å². The van der Waals surface area contributed by atoms with E-state index in [4.69, 9.17) is 28.4 Å². The number of rotatable bonds is 7. The zero-order valence-electron chi connectivity index (χ0n) is 31.2. The van der Waals surface area contributed by atoms with E-state index in [9.17, 15) is 24.3 Å². The molecule has 4 unspecified atom stereocenters. The molecule has 11 heteroatoms. The Hall–Kier alpha value is -3.44. The number of benzene rings is 1. The molecule has 0 bridgehead atoms. The molecule has 0 amide bonds. The largest absolute Gasteiger partial charge is 0.508 e. The summed E-state index contributed by atoms with van der Waals surface area (Å²) >= 11 is 0. The van der Waals surface area contributed by atoms with Crippen molar-refractivity contribution in [3.63, 3.8) is 0 Å². The monoisotopic (exact) mass is 710 g/mol. The second kappa shape index (κ2) is 13.2. The summed E-state index contributed by atoms with van der Waals surface area (Å²) < 4.78 is 35.5. The number of hydrogen-bond donors (Lipinski definition) is 1. The van der Waals surface area contributed by atoms with Crippen LogP contribution in [0.5, 0.6) is 0 Å². The van der Waals surface area contributed by atoms with Crippen molar-refractivity contribution in [3.05, 3.63) is 47.5 Å². The maximum atomic E-state index is 13.5. The second-order valence-electron chi connectivity index (χ2n) is 16.6. The zero-order valence-corrected chi connectivity index (χ0v) is 31.2. The van der Waals surface area contributed by atoms with Crippen molar-refractivity contribution in [1.82, 2.24) is 0 Å². The molecule has 3 saturated carbocycles. The molecule has 0 spiro atoms. The molecular formula is C40H54O11. The highest BCUT2D eigenvalue weighted by atomic mass is 16.7. The average Bonchev–Trinajstić information content (AvgIpc) is 3.53. The molecular weight excluding hydrogens is 656 g/mol. The van der Waals surface area contributed by atoms with Gasteiger partial charge in [-0.2, -0.15) is 0 Å². The average molecular weight is 711 g/mol. The van der Waals surface area contributed by atoms with Gasteiger partial charge in [-0.3, -0.25) is 9.59 Å². The van der Waals surface area contributed by atoms with Gasteiger partial charge in [0.25, 0.3) is 0 Å². The SMILES string of the molecule is COC(=O)C1=CC(C)C[C@@]2(O)C3CC[C@]4(C)C(CC[C@@]5(C(C)OC(=O)OCc6ccccc6)COC[C@H]54)[C@@]3(C)[C@H](OC(C)=O)[C@H](OC(C)=O)[C@@]12C. The Morgan fingerprint density at radius 2 is 1.59 bits per heavy atom. The summed E-state index contributed by atoms with van der Waals surface area (Å²) in [4.78, 5) is 52.5. The first-order valence-electron chi connectivity index (χ1n) is 18.3. The second-order valence-corrected chi connectivity index (χ2v) is 16.6. The maximum Gasteiger partial charge on any atom is 0.508 e. The molecule has 1 aromatic rings. The third-order valence-electron chi connectivity index (χ3n) is 14.2. The van der Waals surface area contributed by atoms with Crippen molar-refractivity contribution < 1.29 is 52.7 Å². The van der Waals surface area contributed by atoms with Gasteiger partial charge < -0.3 is 33.5 Å². The molecule has 1 aliphatic heterocycles. The van der Waals surface area contributed by atoms with Crippen molar-refractivity contribution in [2.45, 2.75) is 111 Å². The molecule has 1 saturated heterocycles. The summed E-state index contributed by atoms with van der Waals surface area (Å²) in [6, 6.07) is 9.44. The van der Waals surface area contributed by atoms with Crippen molar-refractivity contribution in [3.8, 4) is 0 Å². The van der Waals surface area contributed by atoms with Crippen LogP contribution in [0.3, 0.4) is 0 Å². The van der Waals surface area contributed by atoms with Crippen LogP contribution in [0.15, 0.2) is 42.0 Å². The van der Waals surface area contributed by atoms with E-state index in [1.807, 2.05) is 44.2 Å². The lowest BCUT2D eigenvalue weighted by atomic mass is 9.33. The molecule has 6 rings (SSSR count). The van der Waals surface area contributed by atoms with Crippen molar-refractivity contribution in [2.75, 3.05) is 20.3 Å². The number of aliphatic hydroxyl groups is 1. The molecule has 0 radical (unpaired) electrons. The van der Waals surface area contributed by atoms with E-state index in [0.717, 1.165) is 5.56 Å². The van der Waals surface area contributed by atoms with E-state index >= 15 is 0 Å². The van der Waals surface area contributed by atoms with E-state index in [2.05, 4.69) is 13.8 Å². The number of esters is 3. The van der Waals surface area contributed by atoms with Gasteiger partial charge in [0.05, 0.1) is 31.3 Å². The Bertz CT molecular complexity index is 1570. The standard InChI is InChI=1S/C40H54O11/c1-23-18-28(34(43)46-8)38(7)33(51-26(4)42)32(50-25(3)41)37(6)29-15-17-39(24(2)49-35(44)48-20-27-12-10-9-11-13-27)22-47-21-31(39)36(29,5)16-14-30(37)40(38,45)19-23/h9-13,18,23-24,29-33,45H,14-17,19-22H2,1-8H3/t23?,24?,29?,30?,31-,32+,33-,36+,37+,38+,39-,40+/m0/s1. The number of carbonyl (C=O) groups excluding carboxylic acids is 4. The molecule has 1 N–H and O–H groups in total. The Morgan fingerprint density at radius 1 is 0.941 bits per heavy atom. The Kier molecular flexibility index (Phi) is 9.66. The van der Waals surface area contributed by atoms with Crippen molar-refractivity contribution >= 4 is 24.1 Å². The molecule has 1 aromatic carbocycles. The van der Waals surface area contributed by atoms with Crippen LogP contribution in [0.25, 0.3) is 0 Å². The normalized spacial score (nSPS) is 41.6. The van der Waals surface area contributed by atoms with E-state index < -0.39 is 75.6 Å². The lowest BCUT2D eigenvalue weighted by Gasteiger charge is -2.73. The molecule has 51 heavy (non-hydrogen) atoms. The molecule has 12 atom stereocenters. The number of ether oxygens (including phenoxy) is 6. The minimum Gasteiger partial charge on any atom is -0.466 e. The number of methoxy groups -OCH3 is 1. The first kappa shape index (κ1) is 37.3. The lowest BCUT2D eigenvalue weighted by Crippen LogP contribution is -2.78. The highest BCUT2D eigenvalue weighted by Crippen LogP contribution is 2.75. The number of carbonyl (C=O) groups is 4. The molecule has 4 fully saturated rings. The minimum atomic E-state index is -1.52. The fourth-order valence-electron chi connectivity index (χ4n) is 12.0. The molecule has 11 nitrogen and oxygen atoms in total. The van der Waals surface area contributed by atoms with Gasteiger partial charge in [-0.25, -0.2) is 9.59 Å². The first-order chi connectivity index (χ1) is 24.0. The lowest BCUT2D eigenvalue weighted by molar-refractivity contribution is -0.322. The van der Waals surface area contributed by atoms with Gasteiger partial charge >= 0.3 is 24.1 Å². The fraction of sp³-hybridized carbons (Fsp3) is 0.700. The van der Waals surface area contributed by atoms with Crippen LogP contribution in [0, 0.1) is 45.3 Å². The van der Waals surface area contributed by atoms with Crippen LogP contribution in [0.4, 0.5) is 4.79 Å². The third kappa shape index (κ3) is 5.59. The van der Waals surface area contributed by atoms with Gasteiger partial charge in [-0.1, -0.05) is 57.2 Å². The third-order valence-corrected chi connectivity index (χ3v) is 14.2. The van der Waals surface area contributed by atoms with Gasteiger partial charge in [0.1, 0.15) is 18.8 Å². The molecule has 4 aliphatic carbocycles. The quantitative estimate of drug-likeness (QED) is 0.265. The fourth-order valence-corrected chi connectivity index (χ4v) is 12.0. The van der Waals surface area contributed by atoms with Crippen LogP contribution >= 0.6 is 0 Å². The Labute approximate surface area is 300 Å². The first-order valence-corrected chi connectivity index (χ1v) is 18.3. The minimum absolute atomic E-state index is 0.0395. The number of allylic oxidation sites excluding steroid dienone is 1. The van der Waals surface area contributed by atoms with E-state index in [1.54, 1.807) is 13.0 Å². The van der Waals surface area contributed by atoms with Crippen LogP contribution in [0.2, 0.25) is 0 Å². The van der Waals surface area contributed by atoms with Crippen molar-refractivity contribution in [1.29, 1.82) is 0 Å². The van der Waals surface area contributed by atoms with Gasteiger partial charge in [0.2, 0.25) is 0 Å². The molecule has 1 heterocycles. The summed E-state index contributed by atoms with van der Waals surface area (Å²) in [6.07, 6.45) is 1.29. The van der Waals surface area contributed by atoms with E-state index in [-0.39, 0.29) is 29.9 Å². The number of fused-ring (bicyclic) bond motifs is 7. The highest BCUT2D eigenvalue weighted by Gasteiger charge is 2.79. The predicted octanol–water partition coefficient (Wildman–Crippen LogP) is 5.95. The van der Waals surface area contributed by atoms with Gasteiger partial charge in [-0.15, -0.1) is 0 Å². The highest BCUT2D eigenvalue weighted by molar-refractivity contribution is 5.91. The molecule has 5 aliphatic rings. The van der Waals surface area contributed by atoms with Crippen LogP contribution in [-0.4, -0.2) is 73.4 Å². The van der Waals surface area contributed by atoms with Gasteiger partial charge in [0.15, 0.2) is 6.10 Å². The topological polar surface area (TPSA) is 144 Å². The van der Waals surface area contributed by atoms with E-state index in [1.165, 1.54) is 21.0 Å². The summed E-state index contributed by atoms with van der Waals surface area (Å²) in [5, 5.41) is 13.3. The summed E-state index contributed by atoms with van der Waals surface area (Å²) in [5.41, 5.74) is -3.66. The Balaban J connectivity index is 1.39. The van der Waals surface area contributed by atoms with Gasteiger partial charge in [-0.05, 0) is 80.6 Å². The predicted molar refractivity (Wildman–Crippen MR) is 184 cm³/mol.